The highest BCUT2D eigenvalue weighted by Crippen LogP contribution is 2.13. The summed E-state index contributed by atoms with van der Waals surface area (Å²) in [6.07, 6.45) is 2.58. The van der Waals surface area contributed by atoms with Gasteiger partial charge in [0, 0.05) is 6.07 Å². The molecule has 1 heterocycles. The van der Waals surface area contributed by atoms with Crippen LogP contribution in [0.5, 0.6) is 5.88 Å². The quantitative estimate of drug-likeness (QED) is 0.423. The molecule has 70 valence electrons. The minimum atomic E-state index is 0.404. The maximum atomic E-state index is 5.71. The number of hydrogen-bond acceptors (Lipinski definition) is 3. The Labute approximate surface area is 82.4 Å². The molecule has 0 aromatic carbocycles. The molecule has 0 unspecified atom stereocenters. The molecular weight excluding hydrogens is 188 g/mol. The Hall–Kier alpha value is -1.09. The molecule has 3 nitrogen and oxygen atoms in total. The second-order valence-corrected chi connectivity index (χ2v) is 2.89. The van der Waals surface area contributed by atoms with Gasteiger partial charge in [-0.25, -0.2) is 4.98 Å². The Kier molecular flexibility index (Phi) is 3.71. The smallest absolute Gasteiger partial charge is 0.218 e. The van der Waals surface area contributed by atoms with Crippen molar-refractivity contribution in [3.8, 4) is 5.88 Å². The molecule has 1 aromatic heterocycles. The van der Waals surface area contributed by atoms with E-state index in [0.717, 1.165) is 6.42 Å². The second kappa shape index (κ2) is 4.82. The maximum Gasteiger partial charge on any atom is 0.218 e. The van der Waals surface area contributed by atoms with Crippen LogP contribution >= 0.6 is 11.6 Å². The molecule has 0 fully saturated rings. The van der Waals surface area contributed by atoms with Crippen molar-refractivity contribution in [2.75, 3.05) is 6.61 Å². The van der Waals surface area contributed by atoms with Crippen molar-refractivity contribution in [3.05, 3.63) is 29.7 Å². The van der Waals surface area contributed by atoms with Crippen LogP contribution in [-0.2, 0) is 0 Å². The minimum absolute atomic E-state index is 0.404. The average Bonchev–Trinajstić information content (AvgIpc) is 2.03. The first-order valence-electron chi connectivity index (χ1n) is 3.97. The lowest BCUT2D eigenvalue weighted by Gasteiger charge is -2.03. The van der Waals surface area contributed by atoms with Gasteiger partial charge in [-0.05, 0) is 13.3 Å². The van der Waals surface area contributed by atoms with E-state index in [2.05, 4.69) is 16.5 Å². The molecule has 0 bridgehead atoms. The molecule has 0 saturated heterocycles. The summed E-state index contributed by atoms with van der Waals surface area (Å²) in [4.78, 5) is 7.97. The lowest BCUT2D eigenvalue weighted by Crippen LogP contribution is -1.99. The third-order valence-corrected chi connectivity index (χ3v) is 1.55. The summed E-state index contributed by atoms with van der Waals surface area (Å²) in [5.41, 5.74) is 0. The van der Waals surface area contributed by atoms with Gasteiger partial charge in [-0.1, -0.05) is 17.7 Å². The monoisotopic (exact) mass is 198 g/mol. The summed E-state index contributed by atoms with van der Waals surface area (Å²) in [6.45, 7) is 5.92. The van der Waals surface area contributed by atoms with Gasteiger partial charge in [0.25, 0.3) is 0 Å². The summed E-state index contributed by atoms with van der Waals surface area (Å²) < 4.78 is 5.30. The van der Waals surface area contributed by atoms with E-state index >= 15 is 0 Å². The first kappa shape index (κ1) is 9.99. The first-order valence-corrected chi connectivity index (χ1v) is 4.35. The molecule has 1 rings (SSSR count). The zero-order valence-corrected chi connectivity index (χ0v) is 8.21. The van der Waals surface area contributed by atoms with E-state index in [1.807, 2.05) is 0 Å². The van der Waals surface area contributed by atoms with Crippen LogP contribution in [0.2, 0.25) is 5.15 Å². The van der Waals surface area contributed by atoms with Gasteiger partial charge >= 0.3 is 0 Å². The highest BCUT2D eigenvalue weighted by Gasteiger charge is 1.99. The molecule has 0 N–H and O–H groups in total. The third kappa shape index (κ3) is 3.42. The minimum Gasteiger partial charge on any atom is -0.477 e. The molecule has 1 aromatic rings. The van der Waals surface area contributed by atoms with Gasteiger partial charge in [0.2, 0.25) is 5.88 Å². The fraction of sp³-hybridized carbons (Fsp3) is 0.333. The van der Waals surface area contributed by atoms with Crippen LogP contribution < -0.4 is 4.74 Å². The summed E-state index contributed by atoms with van der Waals surface area (Å²) in [7, 11) is 0. The van der Waals surface area contributed by atoms with E-state index < -0.39 is 0 Å². The van der Waals surface area contributed by atoms with E-state index in [1.165, 1.54) is 0 Å². The van der Waals surface area contributed by atoms with Gasteiger partial charge in [0.15, 0.2) is 0 Å². The van der Waals surface area contributed by atoms with Gasteiger partial charge in [0.1, 0.15) is 11.0 Å². The van der Waals surface area contributed by atoms with E-state index in [1.54, 1.807) is 19.1 Å². The molecule has 0 radical (unpaired) electrons. The van der Waals surface area contributed by atoms with E-state index in [9.17, 15) is 0 Å². The van der Waals surface area contributed by atoms with Gasteiger partial charge in [0.05, 0.1) is 6.61 Å². The van der Waals surface area contributed by atoms with Crippen LogP contribution in [0.3, 0.4) is 0 Å². The van der Waals surface area contributed by atoms with Crippen molar-refractivity contribution in [2.24, 2.45) is 0 Å². The normalized spacial score (nSPS) is 9.69. The van der Waals surface area contributed by atoms with Gasteiger partial charge in [-0.3, -0.25) is 0 Å². The number of hydrogen-bond donors (Lipinski definition) is 0. The fourth-order valence-corrected chi connectivity index (χ4v) is 1.04. The summed E-state index contributed by atoms with van der Waals surface area (Å²) in [6, 6.07) is 1.59. The second-order valence-electron chi connectivity index (χ2n) is 2.50. The average molecular weight is 199 g/mol. The van der Waals surface area contributed by atoms with Crippen LogP contribution in [0.4, 0.5) is 0 Å². The Morgan fingerprint density at radius 3 is 3.00 bits per heavy atom. The summed E-state index contributed by atoms with van der Waals surface area (Å²) in [5.74, 6) is 1.13. The predicted octanol–water partition coefficient (Wildman–Crippen LogP) is 2.39. The van der Waals surface area contributed by atoms with Crippen molar-refractivity contribution in [3.63, 3.8) is 0 Å². The topological polar surface area (TPSA) is 35.0 Å². The number of nitrogens with zero attached hydrogens (tertiary/aromatic N) is 2. The van der Waals surface area contributed by atoms with E-state index in [-0.39, 0.29) is 0 Å². The van der Waals surface area contributed by atoms with Crippen LogP contribution in [0.1, 0.15) is 12.2 Å². The van der Waals surface area contributed by atoms with Crippen LogP contribution in [0, 0.1) is 6.92 Å². The maximum absolute atomic E-state index is 5.71. The molecule has 0 saturated carbocycles. The molecule has 0 spiro atoms. The first-order chi connectivity index (χ1) is 6.22. The summed E-state index contributed by atoms with van der Waals surface area (Å²) >= 11 is 5.71. The molecule has 0 aliphatic rings. The highest BCUT2D eigenvalue weighted by molar-refractivity contribution is 6.29. The fourth-order valence-electron chi connectivity index (χ4n) is 0.826. The molecule has 0 atom stereocenters. The van der Waals surface area contributed by atoms with E-state index in [0.29, 0.717) is 23.5 Å². The van der Waals surface area contributed by atoms with E-state index in [4.69, 9.17) is 16.3 Å². The number of aromatic nitrogens is 2. The number of halogens is 1. The molecule has 4 heteroatoms. The molecule has 13 heavy (non-hydrogen) atoms. The Morgan fingerprint density at radius 1 is 1.62 bits per heavy atom. The van der Waals surface area contributed by atoms with Crippen LogP contribution in [0.15, 0.2) is 18.7 Å². The summed E-state index contributed by atoms with van der Waals surface area (Å²) in [5, 5.41) is 0.404. The lowest BCUT2D eigenvalue weighted by atomic mass is 10.4. The predicted molar refractivity (Wildman–Crippen MR) is 52.1 cm³/mol. The van der Waals surface area contributed by atoms with Crippen molar-refractivity contribution in [2.45, 2.75) is 13.3 Å². The molecular formula is C9H11ClN2O. The third-order valence-electron chi connectivity index (χ3n) is 1.36. The molecule has 0 amide bonds. The van der Waals surface area contributed by atoms with Gasteiger partial charge in [-0.2, -0.15) is 4.98 Å². The Morgan fingerprint density at radius 2 is 2.38 bits per heavy atom. The number of aryl methyl sites for hydroxylation is 1. The van der Waals surface area contributed by atoms with Gasteiger partial charge < -0.3 is 4.74 Å². The van der Waals surface area contributed by atoms with Crippen LogP contribution in [0.25, 0.3) is 0 Å². The Bertz CT molecular complexity index is 281. The van der Waals surface area contributed by atoms with Crippen molar-refractivity contribution in [1.29, 1.82) is 0 Å². The van der Waals surface area contributed by atoms with Crippen molar-refractivity contribution < 1.29 is 4.74 Å². The largest absolute Gasteiger partial charge is 0.477 e. The number of rotatable bonds is 4. The standard InChI is InChI=1S/C9H11ClN2O/c1-3-4-5-13-9-6-8(10)11-7(2)12-9/h3,6H,1,4-5H2,2H3. The highest BCUT2D eigenvalue weighted by atomic mass is 35.5. The van der Waals surface area contributed by atoms with Crippen molar-refractivity contribution >= 4 is 11.6 Å². The van der Waals surface area contributed by atoms with Gasteiger partial charge in [-0.15, -0.1) is 6.58 Å². The number of ether oxygens (including phenoxy) is 1. The Balaban J connectivity index is 2.60. The van der Waals surface area contributed by atoms with Crippen molar-refractivity contribution in [1.82, 2.24) is 9.97 Å². The molecule has 0 aliphatic heterocycles. The SMILES string of the molecule is C=CCCOc1cc(Cl)nc(C)n1. The molecule has 0 aliphatic carbocycles. The zero-order valence-electron chi connectivity index (χ0n) is 7.46. The zero-order chi connectivity index (χ0) is 9.68. The van der Waals surface area contributed by atoms with Crippen LogP contribution in [-0.4, -0.2) is 16.6 Å². The lowest BCUT2D eigenvalue weighted by molar-refractivity contribution is 0.311.